The molecule has 25 heavy (non-hydrogen) atoms. The number of aromatic nitrogens is 2. The maximum atomic E-state index is 13.0. The predicted octanol–water partition coefficient (Wildman–Crippen LogP) is 4.23. The van der Waals surface area contributed by atoms with Crippen LogP contribution in [-0.4, -0.2) is 15.7 Å². The minimum atomic E-state index is -0.813. The molecule has 130 valence electrons. The molecule has 1 saturated carbocycles. The number of aryl methyl sites for hydroxylation is 1. The summed E-state index contributed by atoms with van der Waals surface area (Å²) in [5.74, 6) is 0.336. The van der Waals surface area contributed by atoms with Crippen molar-refractivity contribution in [1.29, 1.82) is 5.26 Å². The van der Waals surface area contributed by atoms with Gasteiger partial charge in [0.25, 0.3) is 5.91 Å². The van der Waals surface area contributed by atoms with E-state index >= 15 is 0 Å². The van der Waals surface area contributed by atoms with Gasteiger partial charge in [-0.3, -0.25) is 9.48 Å². The summed E-state index contributed by atoms with van der Waals surface area (Å²) in [7, 11) is 0. The van der Waals surface area contributed by atoms with E-state index in [9.17, 15) is 4.79 Å². The molecular weight excluding hydrogens is 427 g/mol. The van der Waals surface area contributed by atoms with E-state index in [1.54, 1.807) is 10.7 Å². The Bertz CT molecular complexity index is 888. The monoisotopic (exact) mass is 448 g/mol. The molecule has 6 heteroatoms. The van der Waals surface area contributed by atoms with E-state index < -0.39 is 5.54 Å². The van der Waals surface area contributed by atoms with E-state index in [2.05, 4.69) is 39.1 Å². The molecule has 1 N–H and O–H groups in total. The Hall–Kier alpha value is -1.88. The van der Waals surface area contributed by atoms with Gasteiger partial charge in [0.05, 0.1) is 26.6 Å². The second kappa shape index (κ2) is 6.45. The Morgan fingerprint density at radius 3 is 2.60 bits per heavy atom. The van der Waals surface area contributed by atoms with Crippen molar-refractivity contribution in [2.24, 2.45) is 0 Å². The highest BCUT2D eigenvalue weighted by molar-refractivity contribution is 14.1. The molecule has 0 aliphatic heterocycles. The lowest BCUT2D eigenvalue weighted by Crippen LogP contribution is -2.41. The summed E-state index contributed by atoms with van der Waals surface area (Å²) in [6.45, 7) is 7.68. The first-order valence-electron chi connectivity index (χ1n) is 8.33. The van der Waals surface area contributed by atoms with Gasteiger partial charge in [-0.05, 0) is 92.8 Å². The molecule has 1 aliphatic carbocycles. The number of carbonyl (C=O) groups excluding carboxylic acids is 1. The van der Waals surface area contributed by atoms with Crippen LogP contribution in [0, 0.1) is 28.7 Å². The topological polar surface area (TPSA) is 70.7 Å². The summed E-state index contributed by atoms with van der Waals surface area (Å²) in [5.41, 5.74) is 3.60. The average molecular weight is 448 g/mol. The number of halogens is 1. The van der Waals surface area contributed by atoms with Gasteiger partial charge in [-0.1, -0.05) is 0 Å². The Labute approximate surface area is 161 Å². The Morgan fingerprint density at radius 2 is 2.08 bits per heavy atom. The molecule has 3 rings (SSSR count). The van der Waals surface area contributed by atoms with Crippen molar-refractivity contribution in [3.63, 3.8) is 0 Å². The highest BCUT2D eigenvalue weighted by atomic mass is 127. The normalized spacial score (nSPS) is 14.2. The third-order valence-corrected chi connectivity index (χ3v) is 6.30. The largest absolute Gasteiger partial charge is 0.324 e. The minimum absolute atomic E-state index is 0.110. The number of hydrogen-bond donors (Lipinski definition) is 1. The molecule has 1 heterocycles. The van der Waals surface area contributed by atoms with Gasteiger partial charge in [0.15, 0.2) is 0 Å². The molecule has 1 amide bonds. The molecule has 0 bridgehead atoms. The van der Waals surface area contributed by atoms with Crippen LogP contribution < -0.4 is 5.32 Å². The number of anilines is 1. The molecule has 1 aliphatic rings. The maximum Gasteiger partial charge on any atom is 0.251 e. The molecule has 0 unspecified atom stereocenters. The second-order valence-electron chi connectivity index (χ2n) is 7.10. The molecule has 1 aromatic heterocycles. The fourth-order valence-corrected chi connectivity index (χ4v) is 3.35. The molecule has 1 fully saturated rings. The smallest absolute Gasteiger partial charge is 0.251 e. The first-order chi connectivity index (χ1) is 11.8. The zero-order chi connectivity index (χ0) is 18.4. The van der Waals surface area contributed by atoms with Crippen LogP contribution in [0.1, 0.15) is 55.1 Å². The summed E-state index contributed by atoms with van der Waals surface area (Å²) >= 11 is 2.26. The van der Waals surface area contributed by atoms with Gasteiger partial charge < -0.3 is 5.32 Å². The van der Waals surface area contributed by atoms with Crippen LogP contribution in [0.15, 0.2) is 18.2 Å². The van der Waals surface area contributed by atoms with Gasteiger partial charge in [0.1, 0.15) is 5.54 Å². The van der Waals surface area contributed by atoms with Crippen molar-refractivity contribution in [2.45, 2.75) is 52.0 Å². The number of nitrogens with zero attached hydrogens (tertiary/aromatic N) is 3. The van der Waals surface area contributed by atoms with Crippen LogP contribution in [0.25, 0.3) is 0 Å². The highest BCUT2D eigenvalue weighted by Crippen LogP contribution is 2.44. The van der Waals surface area contributed by atoms with Crippen molar-refractivity contribution in [3.05, 3.63) is 44.3 Å². The zero-order valence-electron chi connectivity index (χ0n) is 14.9. The summed E-state index contributed by atoms with van der Waals surface area (Å²) < 4.78 is 2.87. The standard InChI is InChI=1S/C19H21IN4O/c1-11-17(20)12(2)24(23-11)19(3,4)18(25)22-16-8-5-13(10-21)9-15(16)14-6-7-14/h5,8-9,14H,6-7H2,1-4H3,(H,22,25). The number of amides is 1. The van der Waals surface area contributed by atoms with Crippen LogP contribution in [0.3, 0.4) is 0 Å². The SMILES string of the molecule is Cc1nn(C(C)(C)C(=O)Nc2ccc(C#N)cc2C2CC2)c(C)c1I. The third kappa shape index (κ3) is 3.30. The zero-order valence-corrected chi connectivity index (χ0v) is 17.0. The minimum Gasteiger partial charge on any atom is -0.324 e. The second-order valence-corrected chi connectivity index (χ2v) is 8.18. The van der Waals surface area contributed by atoms with Gasteiger partial charge in [0, 0.05) is 5.69 Å². The maximum absolute atomic E-state index is 13.0. The van der Waals surface area contributed by atoms with Gasteiger partial charge in [-0.25, -0.2) is 0 Å². The number of hydrogen-bond acceptors (Lipinski definition) is 3. The van der Waals surface area contributed by atoms with Crippen molar-refractivity contribution in [2.75, 3.05) is 5.32 Å². The van der Waals surface area contributed by atoms with E-state index in [1.165, 1.54) is 0 Å². The Morgan fingerprint density at radius 1 is 1.40 bits per heavy atom. The third-order valence-electron chi connectivity index (χ3n) is 4.73. The number of benzene rings is 1. The van der Waals surface area contributed by atoms with E-state index in [-0.39, 0.29) is 5.91 Å². The summed E-state index contributed by atoms with van der Waals surface area (Å²) in [5, 5.41) is 16.7. The van der Waals surface area contributed by atoms with Crippen molar-refractivity contribution >= 4 is 34.2 Å². The van der Waals surface area contributed by atoms with Gasteiger partial charge in [-0.2, -0.15) is 10.4 Å². The lowest BCUT2D eigenvalue weighted by molar-refractivity contribution is -0.123. The molecule has 0 radical (unpaired) electrons. The molecule has 5 nitrogen and oxygen atoms in total. The van der Waals surface area contributed by atoms with E-state index in [0.717, 1.165) is 39.1 Å². The lowest BCUT2D eigenvalue weighted by atomic mass is 10.0. The summed E-state index contributed by atoms with van der Waals surface area (Å²) in [6, 6.07) is 7.66. The average Bonchev–Trinajstić information content (AvgIpc) is 3.39. The molecular formula is C19H21IN4O. The molecule has 2 aromatic rings. The number of carbonyl (C=O) groups is 1. The van der Waals surface area contributed by atoms with Crippen LogP contribution >= 0.6 is 22.6 Å². The predicted molar refractivity (Wildman–Crippen MR) is 106 cm³/mol. The Balaban J connectivity index is 1.91. The highest BCUT2D eigenvalue weighted by Gasteiger charge is 2.34. The summed E-state index contributed by atoms with van der Waals surface area (Å²) in [6.07, 6.45) is 2.22. The van der Waals surface area contributed by atoms with E-state index in [4.69, 9.17) is 5.26 Å². The van der Waals surface area contributed by atoms with Gasteiger partial charge in [-0.15, -0.1) is 0 Å². The van der Waals surface area contributed by atoms with Crippen molar-refractivity contribution in [1.82, 2.24) is 9.78 Å². The summed E-state index contributed by atoms with van der Waals surface area (Å²) in [4.78, 5) is 13.0. The van der Waals surface area contributed by atoms with Crippen LogP contribution in [0.4, 0.5) is 5.69 Å². The van der Waals surface area contributed by atoms with Crippen LogP contribution in [-0.2, 0) is 10.3 Å². The molecule has 0 saturated heterocycles. The van der Waals surface area contributed by atoms with Crippen LogP contribution in [0.5, 0.6) is 0 Å². The van der Waals surface area contributed by atoms with Crippen molar-refractivity contribution < 1.29 is 4.79 Å². The fourth-order valence-electron chi connectivity index (χ4n) is 3.02. The van der Waals surface area contributed by atoms with Gasteiger partial charge >= 0.3 is 0 Å². The van der Waals surface area contributed by atoms with Crippen LogP contribution in [0.2, 0.25) is 0 Å². The first kappa shape index (κ1) is 17.9. The molecule has 0 spiro atoms. The Kier molecular flexibility index (Phi) is 4.62. The van der Waals surface area contributed by atoms with E-state index in [1.807, 2.05) is 39.8 Å². The van der Waals surface area contributed by atoms with E-state index in [0.29, 0.717) is 11.5 Å². The lowest BCUT2D eigenvalue weighted by Gasteiger charge is -2.26. The quantitative estimate of drug-likeness (QED) is 0.712. The fraction of sp³-hybridized carbons (Fsp3) is 0.421. The number of nitrogens with one attached hydrogen (secondary N) is 1. The first-order valence-corrected chi connectivity index (χ1v) is 9.41. The van der Waals surface area contributed by atoms with Crippen molar-refractivity contribution in [3.8, 4) is 6.07 Å². The number of rotatable bonds is 4. The number of nitriles is 1. The van der Waals surface area contributed by atoms with Gasteiger partial charge in [0.2, 0.25) is 0 Å². The molecule has 0 atom stereocenters. The molecule has 1 aromatic carbocycles.